The van der Waals surface area contributed by atoms with Gasteiger partial charge in [-0.05, 0) is 74.3 Å². The van der Waals surface area contributed by atoms with Crippen molar-refractivity contribution < 1.29 is 4.79 Å². The van der Waals surface area contributed by atoms with Crippen molar-refractivity contribution in [2.24, 2.45) is 5.92 Å². The fraction of sp³-hybridized carbons (Fsp3) is 0.379. The highest BCUT2D eigenvalue weighted by atomic mass is 16.1. The number of amides is 1. The average Bonchev–Trinajstić information content (AvgIpc) is 3.39. The molecule has 1 aromatic heterocycles. The van der Waals surface area contributed by atoms with Crippen LogP contribution in [0.15, 0.2) is 66.7 Å². The molecule has 2 aliphatic heterocycles. The smallest absolute Gasteiger partial charge is 0.252 e. The van der Waals surface area contributed by atoms with E-state index in [-0.39, 0.29) is 11.9 Å². The Labute approximate surface area is 195 Å². The quantitative estimate of drug-likeness (QED) is 0.506. The molecule has 2 atom stereocenters. The zero-order valence-corrected chi connectivity index (χ0v) is 19.2. The van der Waals surface area contributed by atoms with E-state index >= 15 is 0 Å². The van der Waals surface area contributed by atoms with Crippen LogP contribution in [0, 0.1) is 12.8 Å². The van der Waals surface area contributed by atoms with Crippen LogP contribution in [0.25, 0.3) is 10.9 Å². The second-order valence-electron chi connectivity index (χ2n) is 9.95. The molecular weight excluding hydrogens is 406 g/mol. The van der Waals surface area contributed by atoms with Crippen LogP contribution >= 0.6 is 0 Å². The Morgan fingerprint density at radius 3 is 2.39 bits per heavy atom. The number of aryl methyl sites for hydroxylation is 1. The molecule has 2 aromatic carbocycles. The summed E-state index contributed by atoms with van der Waals surface area (Å²) < 4.78 is 0. The van der Waals surface area contributed by atoms with Crippen molar-refractivity contribution in [2.75, 3.05) is 6.54 Å². The molecule has 4 heteroatoms. The Morgan fingerprint density at radius 1 is 0.939 bits per heavy atom. The van der Waals surface area contributed by atoms with Crippen molar-refractivity contribution in [2.45, 2.75) is 57.2 Å². The molecule has 1 amide bonds. The largest absolute Gasteiger partial charge is 0.349 e. The predicted octanol–water partition coefficient (Wildman–Crippen LogP) is 5.89. The average molecular weight is 438 g/mol. The first-order valence-electron chi connectivity index (χ1n) is 12.4. The summed E-state index contributed by atoms with van der Waals surface area (Å²) in [6.07, 6.45) is 10.5. The lowest BCUT2D eigenvalue weighted by Crippen LogP contribution is -2.38. The first kappa shape index (κ1) is 20.6. The zero-order chi connectivity index (χ0) is 22.4. The van der Waals surface area contributed by atoms with Gasteiger partial charge in [-0.15, -0.1) is 0 Å². The Hall–Kier alpha value is -2.98. The molecule has 4 nitrogen and oxygen atoms in total. The van der Waals surface area contributed by atoms with Crippen LogP contribution in [0.3, 0.4) is 0 Å². The van der Waals surface area contributed by atoms with Crippen LogP contribution in [-0.2, 0) is 0 Å². The highest BCUT2D eigenvalue weighted by Crippen LogP contribution is 2.48. The van der Waals surface area contributed by atoms with Gasteiger partial charge in [0, 0.05) is 29.2 Å². The van der Waals surface area contributed by atoms with Crippen LogP contribution < -0.4 is 5.32 Å². The number of nitrogens with one attached hydrogen (secondary N) is 1. The molecule has 0 saturated heterocycles. The molecule has 1 saturated carbocycles. The van der Waals surface area contributed by atoms with Gasteiger partial charge in [0.15, 0.2) is 0 Å². The first-order chi connectivity index (χ1) is 16.2. The minimum Gasteiger partial charge on any atom is -0.349 e. The van der Waals surface area contributed by atoms with Crippen molar-refractivity contribution in [3.05, 3.63) is 89.1 Å². The third kappa shape index (κ3) is 3.76. The summed E-state index contributed by atoms with van der Waals surface area (Å²) in [6, 6.07) is 19.9. The molecule has 1 N–H and O–H groups in total. The minimum atomic E-state index is 0.0344. The summed E-state index contributed by atoms with van der Waals surface area (Å²) in [7, 11) is 0. The van der Waals surface area contributed by atoms with E-state index in [1.54, 1.807) is 0 Å². The number of rotatable bonds is 5. The summed E-state index contributed by atoms with van der Waals surface area (Å²) >= 11 is 0. The number of fused-ring (bicyclic) bond motifs is 6. The Bertz CT molecular complexity index is 1190. The highest BCUT2D eigenvalue weighted by Gasteiger charge is 2.39. The van der Waals surface area contributed by atoms with Crippen molar-refractivity contribution in [3.8, 4) is 0 Å². The number of benzene rings is 2. The maximum absolute atomic E-state index is 13.0. The van der Waals surface area contributed by atoms with E-state index in [0.717, 1.165) is 47.5 Å². The number of carbonyl (C=O) groups is 1. The second-order valence-corrected chi connectivity index (χ2v) is 9.95. The predicted molar refractivity (Wildman–Crippen MR) is 132 cm³/mol. The molecule has 1 aliphatic carbocycles. The van der Waals surface area contributed by atoms with E-state index < -0.39 is 0 Å². The lowest BCUT2D eigenvalue weighted by atomic mass is 9.84. The summed E-state index contributed by atoms with van der Waals surface area (Å²) in [4.78, 5) is 20.3. The molecule has 168 valence electrons. The van der Waals surface area contributed by atoms with Gasteiger partial charge in [-0.3, -0.25) is 14.7 Å². The number of carbonyl (C=O) groups excluding carboxylic acids is 1. The molecule has 2 bridgehead atoms. The SMILES string of the molecule is Cc1ccc2c(C(=O)N[C@H]3CC[C@H](CCN4C5C=CC4c4ccccc45)CC3)cccc2n1. The van der Waals surface area contributed by atoms with Gasteiger partial charge in [0.25, 0.3) is 5.91 Å². The lowest BCUT2D eigenvalue weighted by molar-refractivity contribution is 0.0921. The van der Waals surface area contributed by atoms with E-state index in [4.69, 9.17) is 0 Å². The van der Waals surface area contributed by atoms with Crippen LogP contribution in [0.2, 0.25) is 0 Å². The monoisotopic (exact) mass is 437 g/mol. The van der Waals surface area contributed by atoms with Gasteiger partial charge in [-0.1, -0.05) is 48.6 Å². The first-order valence-corrected chi connectivity index (χ1v) is 12.4. The molecule has 1 fully saturated rings. The van der Waals surface area contributed by atoms with Gasteiger partial charge in [0.2, 0.25) is 0 Å². The molecular formula is C29H31N3O. The molecule has 2 unspecified atom stereocenters. The highest BCUT2D eigenvalue weighted by molar-refractivity contribution is 6.06. The van der Waals surface area contributed by atoms with Gasteiger partial charge < -0.3 is 5.32 Å². The van der Waals surface area contributed by atoms with Crippen LogP contribution in [0.4, 0.5) is 0 Å². The van der Waals surface area contributed by atoms with Crippen molar-refractivity contribution in [1.29, 1.82) is 0 Å². The second kappa shape index (κ2) is 8.42. The Morgan fingerprint density at radius 2 is 1.67 bits per heavy atom. The minimum absolute atomic E-state index is 0.0344. The third-order valence-corrected chi connectivity index (χ3v) is 7.92. The standard InChI is InChI=1S/C29H31N3O/c1-19-9-14-22-25(7-4-8-26(22)30-19)29(33)31-21-12-10-20(11-13-21)17-18-32-27-15-16-28(32)24-6-3-2-5-23(24)27/h2-9,14-16,20-21,27-28H,10-13,17-18H2,1H3,(H,31,33)/t20-,21-,27?,28?. The topological polar surface area (TPSA) is 45.2 Å². The van der Waals surface area contributed by atoms with E-state index in [2.05, 4.69) is 51.6 Å². The number of hydrogen-bond donors (Lipinski definition) is 1. The van der Waals surface area contributed by atoms with E-state index in [9.17, 15) is 4.79 Å². The van der Waals surface area contributed by atoms with Crippen LogP contribution in [0.5, 0.6) is 0 Å². The van der Waals surface area contributed by atoms with Gasteiger partial charge in [-0.25, -0.2) is 0 Å². The summed E-state index contributed by atoms with van der Waals surface area (Å²) in [6.45, 7) is 3.13. The van der Waals surface area contributed by atoms with Gasteiger partial charge in [-0.2, -0.15) is 0 Å². The molecule has 0 radical (unpaired) electrons. The maximum atomic E-state index is 13.0. The van der Waals surface area contributed by atoms with Crippen molar-refractivity contribution in [1.82, 2.24) is 15.2 Å². The van der Waals surface area contributed by atoms with E-state index in [0.29, 0.717) is 12.1 Å². The summed E-state index contributed by atoms with van der Waals surface area (Å²) in [5.41, 5.74) is 5.59. The third-order valence-electron chi connectivity index (χ3n) is 7.92. The Balaban J connectivity index is 1.02. The molecule has 3 aromatic rings. The van der Waals surface area contributed by atoms with Crippen LogP contribution in [0.1, 0.15) is 71.4 Å². The molecule has 0 spiro atoms. The zero-order valence-electron chi connectivity index (χ0n) is 19.2. The summed E-state index contributed by atoms with van der Waals surface area (Å²) in [5.74, 6) is 0.790. The normalized spacial score (nSPS) is 26.0. The van der Waals surface area contributed by atoms with Crippen molar-refractivity contribution >= 4 is 16.8 Å². The Kier molecular flexibility index (Phi) is 5.26. The van der Waals surface area contributed by atoms with Gasteiger partial charge in [0.1, 0.15) is 0 Å². The maximum Gasteiger partial charge on any atom is 0.252 e. The summed E-state index contributed by atoms with van der Waals surface area (Å²) in [5, 5.41) is 4.24. The number of pyridine rings is 1. The number of hydrogen-bond acceptors (Lipinski definition) is 3. The number of aromatic nitrogens is 1. The van der Waals surface area contributed by atoms with E-state index in [1.807, 2.05) is 37.3 Å². The molecule has 33 heavy (non-hydrogen) atoms. The van der Waals surface area contributed by atoms with E-state index in [1.165, 1.54) is 30.4 Å². The molecule has 3 aliphatic rings. The number of nitrogens with zero attached hydrogens (tertiary/aromatic N) is 2. The van der Waals surface area contributed by atoms with Crippen LogP contribution in [-0.4, -0.2) is 28.4 Å². The van der Waals surface area contributed by atoms with Gasteiger partial charge in [0.05, 0.1) is 17.6 Å². The molecule has 6 rings (SSSR count). The fourth-order valence-corrected chi connectivity index (χ4v) is 6.14. The van der Waals surface area contributed by atoms with Gasteiger partial charge >= 0.3 is 0 Å². The lowest BCUT2D eigenvalue weighted by Gasteiger charge is -2.31. The van der Waals surface area contributed by atoms with Crippen molar-refractivity contribution in [3.63, 3.8) is 0 Å². The fourth-order valence-electron chi connectivity index (χ4n) is 6.14. The molecule has 3 heterocycles.